The van der Waals surface area contributed by atoms with E-state index >= 15 is 0 Å². The number of phenols is 1. The highest BCUT2D eigenvalue weighted by Gasteiger charge is 2.33. The zero-order valence-corrected chi connectivity index (χ0v) is 13.9. The summed E-state index contributed by atoms with van der Waals surface area (Å²) in [4.78, 5) is 0. The highest BCUT2D eigenvalue weighted by atomic mass is 16.3. The molecular weight excluding hydrogens is 280 g/mol. The Hall–Kier alpha value is -2.54. The number of benzene rings is 3. The first kappa shape index (κ1) is 15.4. The maximum atomic E-state index is 10.8. The largest absolute Gasteiger partial charge is 0.507 e. The van der Waals surface area contributed by atoms with Crippen LogP contribution in [0.15, 0.2) is 72.8 Å². The van der Waals surface area contributed by atoms with E-state index < -0.39 is 5.41 Å². The van der Waals surface area contributed by atoms with Gasteiger partial charge in [-0.25, -0.2) is 0 Å². The van der Waals surface area contributed by atoms with Crippen molar-refractivity contribution < 1.29 is 5.11 Å². The van der Waals surface area contributed by atoms with Gasteiger partial charge in [0.05, 0.1) is 0 Å². The van der Waals surface area contributed by atoms with E-state index in [0.29, 0.717) is 5.75 Å². The minimum Gasteiger partial charge on any atom is -0.507 e. The molecule has 0 saturated heterocycles. The summed E-state index contributed by atoms with van der Waals surface area (Å²) in [5.74, 6) is 0.380. The lowest BCUT2D eigenvalue weighted by molar-refractivity contribution is 0.453. The van der Waals surface area contributed by atoms with Gasteiger partial charge in [-0.2, -0.15) is 0 Å². The summed E-state index contributed by atoms with van der Waals surface area (Å²) in [6.07, 6.45) is 0. The Morgan fingerprint density at radius 1 is 0.739 bits per heavy atom. The molecule has 3 rings (SSSR count). The summed E-state index contributed by atoms with van der Waals surface area (Å²) >= 11 is 0. The lowest BCUT2D eigenvalue weighted by Gasteiger charge is -2.33. The van der Waals surface area contributed by atoms with Crippen LogP contribution in [-0.2, 0) is 5.41 Å². The van der Waals surface area contributed by atoms with Crippen LogP contribution in [0.25, 0.3) is 0 Å². The molecule has 0 aromatic heterocycles. The molecule has 0 heterocycles. The van der Waals surface area contributed by atoms with Crippen molar-refractivity contribution in [3.05, 3.63) is 101 Å². The second-order valence-electron chi connectivity index (χ2n) is 6.34. The Labute approximate surface area is 138 Å². The quantitative estimate of drug-likeness (QED) is 0.645. The molecule has 0 amide bonds. The summed E-state index contributed by atoms with van der Waals surface area (Å²) in [6.45, 7) is 6.22. The van der Waals surface area contributed by atoms with Gasteiger partial charge in [-0.15, -0.1) is 0 Å². The van der Waals surface area contributed by atoms with E-state index in [-0.39, 0.29) is 0 Å². The van der Waals surface area contributed by atoms with Gasteiger partial charge in [0, 0.05) is 11.0 Å². The van der Waals surface area contributed by atoms with Crippen molar-refractivity contribution in [3.63, 3.8) is 0 Å². The minimum atomic E-state index is -0.399. The normalized spacial score (nSPS) is 11.4. The van der Waals surface area contributed by atoms with Gasteiger partial charge in [0.1, 0.15) is 5.75 Å². The Morgan fingerprint density at radius 3 is 1.70 bits per heavy atom. The van der Waals surface area contributed by atoms with E-state index in [9.17, 15) is 5.11 Å². The summed E-state index contributed by atoms with van der Waals surface area (Å²) < 4.78 is 0. The molecule has 0 aliphatic heterocycles. The highest BCUT2D eigenvalue weighted by molar-refractivity contribution is 5.57. The maximum Gasteiger partial charge on any atom is 0.122 e. The summed E-state index contributed by atoms with van der Waals surface area (Å²) in [5.41, 5.74) is 4.97. The molecule has 1 nitrogen and oxygen atoms in total. The SMILES string of the molecule is Cc1cc(C)c(O)c(C(C)(c2ccccc2)c2ccccc2)c1. The van der Waals surface area contributed by atoms with Crippen molar-refractivity contribution in [2.24, 2.45) is 0 Å². The topological polar surface area (TPSA) is 20.2 Å². The van der Waals surface area contributed by atoms with Crippen LogP contribution in [0.5, 0.6) is 5.75 Å². The van der Waals surface area contributed by atoms with Crippen molar-refractivity contribution in [2.75, 3.05) is 0 Å². The number of rotatable bonds is 3. The van der Waals surface area contributed by atoms with Crippen molar-refractivity contribution >= 4 is 0 Å². The zero-order valence-electron chi connectivity index (χ0n) is 13.9. The molecule has 3 aromatic carbocycles. The first-order chi connectivity index (χ1) is 11.0. The van der Waals surface area contributed by atoms with E-state index in [0.717, 1.165) is 16.7 Å². The smallest absolute Gasteiger partial charge is 0.122 e. The summed E-state index contributed by atoms with van der Waals surface area (Å²) in [7, 11) is 0. The van der Waals surface area contributed by atoms with Crippen LogP contribution >= 0.6 is 0 Å². The van der Waals surface area contributed by atoms with Crippen LogP contribution in [0, 0.1) is 13.8 Å². The summed E-state index contributed by atoms with van der Waals surface area (Å²) in [6, 6.07) is 24.9. The molecule has 0 fully saturated rings. The van der Waals surface area contributed by atoms with Crippen LogP contribution in [0.3, 0.4) is 0 Å². The van der Waals surface area contributed by atoms with Crippen LogP contribution in [0.1, 0.15) is 34.7 Å². The van der Waals surface area contributed by atoms with Crippen LogP contribution < -0.4 is 0 Å². The third-order valence-electron chi connectivity index (χ3n) is 4.69. The summed E-state index contributed by atoms with van der Waals surface area (Å²) in [5, 5.41) is 10.8. The zero-order chi connectivity index (χ0) is 16.4. The van der Waals surface area contributed by atoms with E-state index in [2.05, 4.69) is 68.4 Å². The Morgan fingerprint density at radius 2 is 1.22 bits per heavy atom. The Balaban J connectivity index is 2.34. The third kappa shape index (κ3) is 2.63. The van der Waals surface area contributed by atoms with Crippen LogP contribution in [0.2, 0.25) is 0 Å². The fourth-order valence-electron chi connectivity index (χ4n) is 3.36. The van der Waals surface area contributed by atoms with Crippen molar-refractivity contribution in [2.45, 2.75) is 26.2 Å². The average Bonchev–Trinajstić information content (AvgIpc) is 2.59. The van der Waals surface area contributed by atoms with Gasteiger partial charge in [0.25, 0.3) is 0 Å². The molecule has 0 spiro atoms. The van der Waals surface area contributed by atoms with Gasteiger partial charge in [0.2, 0.25) is 0 Å². The van der Waals surface area contributed by atoms with Crippen LogP contribution in [-0.4, -0.2) is 5.11 Å². The molecule has 0 bridgehead atoms. The molecule has 3 aromatic rings. The molecule has 0 aliphatic rings. The molecule has 0 atom stereocenters. The van der Waals surface area contributed by atoms with Gasteiger partial charge in [-0.05, 0) is 37.5 Å². The van der Waals surface area contributed by atoms with Crippen molar-refractivity contribution in [1.29, 1.82) is 0 Å². The molecular formula is C22H22O. The fourth-order valence-corrected chi connectivity index (χ4v) is 3.36. The number of aromatic hydroxyl groups is 1. The predicted octanol–water partition coefficient (Wildman–Crippen LogP) is 5.36. The predicted molar refractivity (Wildman–Crippen MR) is 96.0 cm³/mol. The van der Waals surface area contributed by atoms with E-state index in [4.69, 9.17) is 0 Å². The molecule has 1 heteroatoms. The lowest BCUT2D eigenvalue weighted by atomic mass is 9.70. The number of hydrogen-bond donors (Lipinski definition) is 1. The molecule has 1 N–H and O–H groups in total. The van der Waals surface area contributed by atoms with Gasteiger partial charge in [-0.1, -0.05) is 78.4 Å². The molecule has 0 aliphatic carbocycles. The first-order valence-electron chi connectivity index (χ1n) is 7.95. The Kier molecular flexibility index (Phi) is 3.96. The van der Waals surface area contributed by atoms with Crippen LogP contribution in [0.4, 0.5) is 0 Å². The van der Waals surface area contributed by atoms with Crippen molar-refractivity contribution in [3.8, 4) is 5.75 Å². The molecule has 0 radical (unpaired) electrons. The number of hydrogen-bond acceptors (Lipinski definition) is 1. The third-order valence-corrected chi connectivity index (χ3v) is 4.69. The first-order valence-corrected chi connectivity index (χ1v) is 7.95. The second kappa shape index (κ2) is 5.92. The lowest BCUT2D eigenvalue weighted by Crippen LogP contribution is -2.25. The van der Waals surface area contributed by atoms with Gasteiger partial charge >= 0.3 is 0 Å². The van der Waals surface area contributed by atoms with Gasteiger partial charge in [0.15, 0.2) is 0 Å². The second-order valence-corrected chi connectivity index (χ2v) is 6.34. The minimum absolute atomic E-state index is 0.380. The van der Waals surface area contributed by atoms with E-state index in [1.807, 2.05) is 25.1 Å². The van der Waals surface area contributed by atoms with Gasteiger partial charge < -0.3 is 5.11 Å². The van der Waals surface area contributed by atoms with E-state index in [1.54, 1.807) is 0 Å². The average molecular weight is 302 g/mol. The standard InChI is InChI=1S/C22H22O/c1-16-14-17(2)21(23)20(15-16)22(3,18-10-6-4-7-11-18)19-12-8-5-9-13-19/h4-15,23H,1-3H3. The Bertz CT molecular complexity index is 765. The molecule has 0 saturated carbocycles. The number of aryl methyl sites for hydroxylation is 2. The van der Waals surface area contributed by atoms with E-state index in [1.165, 1.54) is 11.1 Å². The van der Waals surface area contributed by atoms with Crippen molar-refractivity contribution in [1.82, 2.24) is 0 Å². The fraction of sp³-hybridized carbons (Fsp3) is 0.182. The molecule has 116 valence electrons. The van der Waals surface area contributed by atoms with Gasteiger partial charge in [-0.3, -0.25) is 0 Å². The maximum absolute atomic E-state index is 10.8. The molecule has 23 heavy (non-hydrogen) atoms. The highest BCUT2D eigenvalue weighted by Crippen LogP contribution is 2.43. The number of phenolic OH excluding ortho intramolecular Hbond substituents is 1. The molecule has 0 unspecified atom stereocenters. The monoisotopic (exact) mass is 302 g/mol.